The van der Waals surface area contributed by atoms with Crippen molar-refractivity contribution in [1.82, 2.24) is 95.7 Å². The second-order valence-electron chi connectivity index (χ2n) is 37.4. The Morgan fingerprint density at radius 1 is 0.315 bits per heavy atom. The number of hydrogen-bond donors (Lipinski definition) is 32. The number of nitrogens with two attached hydrogens (primary N) is 9. The van der Waals surface area contributed by atoms with Gasteiger partial charge in [-0.3, -0.25) is 121 Å². The maximum atomic E-state index is 15.1. The average Bonchev–Trinajstić information content (AvgIpc) is 0.848. The Morgan fingerprint density at radius 2 is 0.610 bits per heavy atom. The number of aromatic hydroxyl groups is 1. The van der Waals surface area contributed by atoms with Crippen molar-refractivity contribution in [2.45, 2.75) is 333 Å². The van der Waals surface area contributed by atoms with Gasteiger partial charge in [0.2, 0.25) is 124 Å². The van der Waals surface area contributed by atoms with Crippen molar-refractivity contribution in [3.63, 3.8) is 0 Å². The number of amides is 21. The second-order valence-corrected chi connectivity index (χ2v) is 37.4. The molecule has 1 aromatic carbocycles. The molecule has 18 atom stereocenters. The molecule has 55 nitrogen and oxygen atoms in total. The quantitative estimate of drug-likeness (QED) is 0.0164. The first kappa shape index (κ1) is 129. The molecule has 0 aliphatic heterocycles. The number of aliphatic carboxylic acids is 2. The number of carbonyl (C=O) groups excluding carboxylic acids is 21. The van der Waals surface area contributed by atoms with E-state index in [1.165, 1.54) is 52.0 Å². The predicted octanol–water partition coefficient (Wildman–Crippen LogP) is -8.56. The van der Waals surface area contributed by atoms with Gasteiger partial charge < -0.3 is 163 Å². The lowest BCUT2D eigenvalue weighted by atomic mass is 9.96. The Bertz CT molecular complexity index is 4640. The number of unbranched alkanes of at least 4 members (excludes halogenated alkanes) is 1. The lowest BCUT2D eigenvalue weighted by molar-refractivity contribution is -0.142. The molecule has 820 valence electrons. The third-order valence-electron chi connectivity index (χ3n) is 22.7. The molecule has 0 unspecified atom stereocenters. The SMILES string of the molecule is CC[C@H](C)[C@H](NC(=O)[C@H](CCCNC(=N)N)NC(=O)[C@H](C)NC(=O)[C@H](CCC(N)=O)NC(=O)[C@@H](N)CC(C)C)C(=O)N[C@@H](CC(C)C)C(=O)N[C@@H](C)C(=O)N[C@H](C(=O)N[C@@H](CCC(=O)O)C(=O)N[C@@H](CCCNC(=N)N)C(=O)N[C@@H](Cc1ccc(O)cc1)C(=O)N[C@@H](CC(C)C)C(=O)N[C@@H](CCCCN)C(=O)N[C@@H](CC(=O)O)C(=O)N[C@@H](CCC(N)=O)C(=O)N[C@@H](CCC(N)=O)C(=O)N[C@@H](CCC(N)=O)C(N)=O)C(C)C. The number of phenolic OH excluding ortho intramolecular Hbond substituents is 1. The molecule has 0 aliphatic carbocycles. The number of carboxylic acids is 2. The van der Waals surface area contributed by atoms with Crippen LogP contribution in [0.3, 0.4) is 0 Å². The van der Waals surface area contributed by atoms with Gasteiger partial charge in [0.25, 0.3) is 0 Å². The molecular weight excluding hydrogens is 1920 g/mol. The second kappa shape index (κ2) is 67.0. The third-order valence-corrected chi connectivity index (χ3v) is 22.7. The number of rotatable bonds is 73. The van der Waals surface area contributed by atoms with Gasteiger partial charge in [0.15, 0.2) is 11.9 Å². The minimum Gasteiger partial charge on any atom is -0.508 e. The lowest BCUT2D eigenvalue weighted by Gasteiger charge is -2.30. The van der Waals surface area contributed by atoms with Crippen molar-refractivity contribution in [3.05, 3.63) is 29.8 Å². The molecular formula is C91H155N29O26. The van der Waals surface area contributed by atoms with E-state index in [2.05, 4.69) is 95.7 Å². The molecule has 1 aromatic rings. The summed E-state index contributed by atoms with van der Waals surface area (Å²) < 4.78 is 0. The highest BCUT2D eigenvalue weighted by atomic mass is 16.4. The third kappa shape index (κ3) is 52.5. The van der Waals surface area contributed by atoms with Gasteiger partial charge in [-0.25, -0.2) is 0 Å². The molecule has 0 spiro atoms. The molecule has 0 radical (unpaired) electrons. The van der Waals surface area contributed by atoms with E-state index in [4.69, 9.17) is 62.4 Å². The van der Waals surface area contributed by atoms with Crippen LogP contribution >= 0.6 is 0 Å². The van der Waals surface area contributed by atoms with E-state index >= 15 is 9.59 Å². The summed E-state index contributed by atoms with van der Waals surface area (Å²) in [6, 6.07) is -22.1. The molecule has 41 N–H and O–H groups in total. The molecule has 1 rings (SSSR count). The van der Waals surface area contributed by atoms with Crippen molar-refractivity contribution in [3.8, 4) is 5.75 Å². The van der Waals surface area contributed by atoms with E-state index in [9.17, 15) is 116 Å². The Balaban J connectivity index is 3.89. The summed E-state index contributed by atoms with van der Waals surface area (Å²) >= 11 is 0. The number of phenols is 1. The highest BCUT2D eigenvalue weighted by Crippen LogP contribution is 2.19. The van der Waals surface area contributed by atoms with Crippen LogP contribution in [-0.2, 0) is 117 Å². The summed E-state index contributed by atoms with van der Waals surface area (Å²) in [4.78, 5) is 314. The van der Waals surface area contributed by atoms with Gasteiger partial charge in [-0.15, -0.1) is 0 Å². The standard InChI is InChI=1S/C91H155N29O26/c1-13-47(10)72(120-83(140)56(20-17-37-104-91(101)102)108-74(131)48(11)105-77(134)57(26-31-66(95)123)109-76(133)52(93)38-43(2)3)89(146)118-61(39-44(4)5)84(141)106-49(12)75(132)119-71(46(8)9)88(145)114-60(29-34-69(126)127)82(139)110-55(19-16-36-103-90(99)100)79(136)116-63(41-50-21-23-51(121)24-22-50)86(143)115-62(40-45(6)7)85(142)111-54(18-14-15-35-92)78(135)117-64(42-70(128)129)87(144)113-59(28-33-68(97)125)81(138)112-58(27-32-67(96)124)80(137)107-53(73(98)130)25-30-65(94)122/h21-24,43-49,52-64,71-72,121H,13-20,25-42,92-93H2,1-12H3,(H2,94,122)(H2,95,123)(H2,96,124)(H2,97,125)(H2,98,130)(H,105,134)(H,106,141)(H,107,137)(H,108,131)(H,109,133)(H,110,139)(H,111,142)(H,112,138)(H,113,144)(H,114,145)(H,115,143)(H,116,136)(H,117,135)(H,118,146)(H,119,132)(H,120,140)(H,126,127)(H,128,129)(H4,99,100,103)(H4,101,102,104)/t47-,48-,49-,52-,53-,54-,55-,56-,57-,58-,59-,60-,61-,62-,63-,64-,71-,72-/m0/s1. The van der Waals surface area contributed by atoms with Crippen LogP contribution in [0.1, 0.15) is 230 Å². The van der Waals surface area contributed by atoms with Crippen LogP contribution in [0.25, 0.3) is 0 Å². The number of carbonyl (C=O) groups is 23. The van der Waals surface area contributed by atoms with E-state index in [0.29, 0.717) is 0 Å². The van der Waals surface area contributed by atoms with Crippen LogP contribution in [-0.4, -0.2) is 286 Å². The summed E-state index contributed by atoms with van der Waals surface area (Å²) in [5.41, 5.74) is 49.9. The summed E-state index contributed by atoms with van der Waals surface area (Å²) in [5.74, 6) is -28.5. The maximum absolute atomic E-state index is 15.1. The molecule has 55 heteroatoms. The Hall–Kier alpha value is -14.7. The number of benzene rings is 1. The highest BCUT2D eigenvalue weighted by molar-refractivity contribution is 6.02. The highest BCUT2D eigenvalue weighted by Gasteiger charge is 2.41. The van der Waals surface area contributed by atoms with Crippen molar-refractivity contribution < 1.29 is 126 Å². The summed E-state index contributed by atoms with van der Waals surface area (Å²) in [6.45, 7) is 19.1. The van der Waals surface area contributed by atoms with Gasteiger partial charge in [-0.2, -0.15) is 0 Å². The first-order valence-electron chi connectivity index (χ1n) is 48.3. The fourth-order valence-electron chi connectivity index (χ4n) is 14.4. The molecule has 0 aliphatic rings. The normalized spacial score (nSPS) is 14.8. The Kier molecular flexibility index (Phi) is 59.3. The fraction of sp³-hybridized carbons (Fsp3) is 0.659. The lowest BCUT2D eigenvalue weighted by Crippen LogP contribution is -2.61. The maximum Gasteiger partial charge on any atom is 0.305 e. The smallest absolute Gasteiger partial charge is 0.305 e. The van der Waals surface area contributed by atoms with E-state index in [0.717, 1.165) is 0 Å². The fourth-order valence-corrected chi connectivity index (χ4v) is 14.4. The largest absolute Gasteiger partial charge is 0.508 e. The topological polar surface area (TPSA) is 952 Å². The molecule has 0 saturated heterocycles. The van der Waals surface area contributed by atoms with Gasteiger partial charge in [-0.05, 0) is 164 Å². The zero-order chi connectivity index (χ0) is 111. The molecule has 0 aromatic heterocycles. The van der Waals surface area contributed by atoms with Crippen LogP contribution in [0.5, 0.6) is 5.75 Å². The number of hydrogen-bond acceptors (Lipinski definition) is 28. The van der Waals surface area contributed by atoms with Gasteiger partial charge in [0.1, 0.15) is 102 Å². The Labute approximate surface area is 846 Å². The Morgan fingerprint density at radius 3 is 0.986 bits per heavy atom. The van der Waals surface area contributed by atoms with Crippen LogP contribution in [0.2, 0.25) is 0 Å². The monoisotopic (exact) mass is 2070 g/mol. The molecule has 0 bridgehead atoms. The van der Waals surface area contributed by atoms with E-state index in [1.807, 2.05) is 13.8 Å². The molecule has 146 heavy (non-hydrogen) atoms. The minimum atomic E-state index is -2.13. The summed E-state index contributed by atoms with van der Waals surface area (Å²) in [5, 5.41) is 90.5. The predicted molar refractivity (Wildman–Crippen MR) is 528 cm³/mol. The first-order valence-corrected chi connectivity index (χ1v) is 48.3. The number of carboxylic acid groups (broad SMARTS) is 2. The molecule has 0 saturated carbocycles. The molecule has 21 amide bonds. The van der Waals surface area contributed by atoms with E-state index in [1.54, 1.807) is 41.5 Å². The molecule has 0 heterocycles. The molecule has 0 fully saturated rings. The minimum absolute atomic E-state index is 0.00540. The number of guanidine groups is 2. The summed E-state index contributed by atoms with van der Waals surface area (Å²) in [7, 11) is 0. The van der Waals surface area contributed by atoms with Crippen molar-refractivity contribution >= 4 is 148 Å². The van der Waals surface area contributed by atoms with Crippen LogP contribution in [0.15, 0.2) is 24.3 Å². The summed E-state index contributed by atoms with van der Waals surface area (Å²) in [6.07, 6.45) is -7.37. The van der Waals surface area contributed by atoms with Crippen LogP contribution in [0, 0.1) is 40.4 Å². The van der Waals surface area contributed by atoms with Gasteiger partial charge in [0, 0.05) is 51.6 Å². The van der Waals surface area contributed by atoms with Crippen molar-refractivity contribution in [1.29, 1.82) is 10.8 Å². The average molecular weight is 2070 g/mol. The van der Waals surface area contributed by atoms with Crippen molar-refractivity contribution in [2.75, 3.05) is 19.6 Å². The first-order chi connectivity index (χ1) is 68.2. The van der Waals surface area contributed by atoms with Gasteiger partial charge in [-0.1, -0.05) is 87.8 Å². The van der Waals surface area contributed by atoms with Gasteiger partial charge in [0.05, 0.1) is 12.5 Å². The van der Waals surface area contributed by atoms with Crippen LogP contribution in [0.4, 0.5) is 0 Å². The number of nitrogens with one attached hydrogen (secondary N) is 20. The zero-order valence-electron chi connectivity index (χ0n) is 84.8. The van der Waals surface area contributed by atoms with Crippen LogP contribution < -0.4 is 147 Å². The van der Waals surface area contributed by atoms with E-state index in [-0.39, 0.29) is 126 Å². The van der Waals surface area contributed by atoms with Gasteiger partial charge >= 0.3 is 11.9 Å². The van der Waals surface area contributed by atoms with Crippen molar-refractivity contribution in [2.24, 2.45) is 81.2 Å². The number of primary amides is 5. The zero-order valence-corrected chi connectivity index (χ0v) is 84.8. The van der Waals surface area contributed by atoms with E-state index < -0.39 is 333 Å².